The number of nitrogens with two attached hydrogens (primary N) is 1. The number of aromatic nitrogens is 2. The van der Waals surface area contributed by atoms with Crippen LogP contribution in [0.4, 0.5) is 11.4 Å². The zero-order valence-corrected chi connectivity index (χ0v) is 11.5. The standard InChI is InChI=1S/C16H18N4/c1-11-3-2-4-13(17)16(11)18-8-7-12-5-6-14-15(9-12)20-10-19-14/h2-6,9-10,18H,7-8,17H2,1H3,(H,19,20). The van der Waals surface area contributed by atoms with Crippen molar-refractivity contribution in [3.8, 4) is 0 Å². The molecule has 0 saturated heterocycles. The quantitative estimate of drug-likeness (QED) is 0.636. The minimum atomic E-state index is 0.800. The van der Waals surface area contributed by atoms with Crippen LogP contribution in [0.1, 0.15) is 11.1 Å². The van der Waals surface area contributed by atoms with Crippen LogP contribution in [-0.2, 0) is 6.42 Å². The Hall–Kier alpha value is -2.49. The van der Waals surface area contributed by atoms with Gasteiger partial charge >= 0.3 is 0 Å². The summed E-state index contributed by atoms with van der Waals surface area (Å²) in [7, 11) is 0. The van der Waals surface area contributed by atoms with Crippen LogP contribution in [0.15, 0.2) is 42.7 Å². The lowest BCUT2D eigenvalue weighted by molar-refractivity contribution is 1.02. The zero-order chi connectivity index (χ0) is 13.9. The van der Waals surface area contributed by atoms with E-state index in [4.69, 9.17) is 5.73 Å². The van der Waals surface area contributed by atoms with E-state index in [-0.39, 0.29) is 0 Å². The van der Waals surface area contributed by atoms with Crippen LogP contribution >= 0.6 is 0 Å². The molecular formula is C16H18N4. The van der Waals surface area contributed by atoms with Crippen LogP contribution in [0.3, 0.4) is 0 Å². The summed E-state index contributed by atoms with van der Waals surface area (Å²) in [6.45, 7) is 2.92. The highest BCUT2D eigenvalue weighted by atomic mass is 14.9. The molecule has 0 aliphatic carbocycles. The van der Waals surface area contributed by atoms with Gasteiger partial charge in [0.15, 0.2) is 0 Å². The summed E-state index contributed by atoms with van der Waals surface area (Å²) in [5.74, 6) is 0. The molecule has 3 aromatic rings. The van der Waals surface area contributed by atoms with Gasteiger partial charge in [0.25, 0.3) is 0 Å². The van der Waals surface area contributed by atoms with Crippen molar-refractivity contribution in [3.63, 3.8) is 0 Å². The number of fused-ring (bicyclic) bond motifs is 1. The molecule has 20 heavy (non-hydrogen) atoms. The van der Waals surface area contributed by atoms with Gasteiger partial charge in [0.2, 0.25) is 0 Å². The van der Waals surface area contributed by atoms with Gasteiger partial charge in [0.05, 0.1) is 28.7 Å². The second-order valence-corrected chi connectivity index (χ2v) is 4.97. The number of nitrogen functional groups attached to an aromatic ring is 1. The third-order valence-electron chi connectivity index (χ3n) is 3.51. The molecule has 0 spiro atoms. The van der Waals surface area contributed by atoms with Crippen molar-refractivity contribution in [2.75, 3.05) is 17.6 Å². The molecule has 1 heterocycles. The maximum atomic E-state index is 5.99. The third-order valence-corrected chi connectivity index (χ3v) is 3.51. The number of imidazole rings is 1. The average Bonchev–Trinajstić information content (AvgIpc) is 2.89. The van der Waals surface area contributed by atoms with Gasteiger partial charge in [-0.25, -0.2) is 4.98 Å². The van der Waals surface area contributed by atoms with Crippen LogP contribution in [-0.4, -0.2) is 16.5 Å². The van der Waals surface area contributed by atoms with Crippen LogP contribution < -0.4 is 11.1 Å². The first-order valence-electron chi connectivity index (χ1n) is 6.75. The predicted octanol–water partition coefficient (Wildman–Crippen LogP) is 3.11. The van der Waals surface area contributed by atoms with Gasteiger partial charge in [-0.3, -0.25) is 0 Å². The Balaban J connectivity index is 1.67. The second kappa shape index (κ2) is 5.25. The first-order valence-corrected chi connectivity index (χ1v) is 6.75. The fourth-order valence-electron chi connectivity index (χ4n) is 2.40. The average molecular weight is 266 g/mol. The highest BCUT2D eigenvalue weighted by Gasteiger charge is 2.02. The number of nitrogens with one attached hydrogen (secondary N) is 2. The lowest BCUT2D eigenvalue weighted by atomic mass is 10.1. The SMILES string of the molecule is Cc1cccc(N)c1NCCc1ccc2nc[nH]c2c1. The number of hydrogen-bond acceptors (Lipinski definition) is 3. The monoisotopic (exact) mass is 266 g/mol. The van der Waals surface area contributed by atoms with E-state index < -0.39 is 0 Å². The number of para-hydroxylation sites is 1. The Morgan fingerprint density at radius 3 is 3.00 bits per heavy atom. The van der Waals surface area contributed by atoms with E-state index in [1.54, 1.807) is 6.33 Å². The first-order chi connectivity index (χ1) is 9.74. The summed E-state index contributed by atoms with van der Waals surface area (Å²) in [6, 6.07) is 12.3. The molecule has 0 radical (unpaired) electrons. The number of H-pyrrole nitrogens is 1. The van der Waals surface area contributed by atoms with E-state index in [2.05, 4.69) is 40.4 Å². The molecule has 0 bridgehead atoms. The third kappa shape index (κ3) is 2.45. The highest BCUT2D eigenvalue weighted by Crippen LogP contribution is 2.22. The smallest absolute Gasteiger partial charge is 0.0931 e. The molecule has 0 aliphatic rings. The Morgan fingerprint density at radius 2 is 2.15 bits per heavy atom. The van der Waals surface area contributed by atoms with Crippen molar-refractivity contribution in [1.29, 1.82) is 0 Å². The molecule has 0 amide bonds. The van der Waals surface area contributed by atoms with Gasteiger partial charge in [0, 0.05) is 6.54 Å². The lowest BCUT2D eigenvalue weighted by Gasteiger charge is -2.12. The molecule has 4 N–H and O–H groups in total. The van der Waals surface area contributed by atoms with Gasteiger partial charge in [0.1, 0.15) is 0 Å². The van der Waals surface area contributed by atoms with E-state index in [0.717, 1.165) is 35.4 Å². The molecule has 0 unspecified atom stereocenters. The van der Waals surface area contributed by atoms with Crippen molar-refractivity contribution >= 4 is 22.4 Å². The minimum absolute atomic E-state index is 0.800. The van der Waals surface area contributed by atoms with Gasteiger partial charge in [-0.2, -0.15) is 0 Å². The van der Waals surface area contributed by atoms with Crippen molar-refractivity contribution in [2.45, 2.75) is 13.3 Å². The van der Waals surface area contributed by atoms with E-state index in [1.807, 2.05) is 18.2 Å². The lowest BCUT2D eigenvalue weighted by Crippen LogP contribution is -2.08. The normalized spacial score (nSPS) is 10.8. The fourth-order valence-corrected chi connectivity index (χ4v) is 2.40. The molecule has 0 atom stereocenters. The predicted molar refractivity (Wildman–Crippen MR) is 83.9 cm³/mol. The summed E-state index contributed by atoms with van der Waals surface area (Å²) in [4.78, 5) is 7.36. The number of rotatable bonds is 4. The molecular weight excluding hydrogens is 248 g/mol. The molecule has 0 saturated carbocycles. The molecule has 0 fully saturated rings. The Bertz CT molecular complexity index is 710. The van der Waals surface area contributed by atoms with E-state index in [9.17, 15) is 0 Å². The summed E-state index contributed by atoms with van der Waals surface area (Å²) in [5.41, 5.74) is 12.4. The molecule has 4 nitrogen and oxygen atoms in total. The molecule has 1 aromatic heterocycles. The summed E-state index contributed by atoms with van der Waals surface area (Å²) >= 11 is 0. The maximum absolute atomic E-state index is 5.99. The van der Waals surface area contributed by atoms with Crippen LogP contribution in [0.25, 0.3) is 11.0 Å². The second-order valence-electron chi connectivity index (χ2n) is 4.97. The van der Waals surface area contributed by atoms with Crippen molar-refractivity contribution in [2.24, 2.45) is 0 Å². The van der Waals surface area contributed by atoms with Gasteiger partial charge in [-0.05, 0) is 42.7 Å². The van der Waals surface area contributed by atoms with Gasteiger partial charge in [-0.1, -0.05) is 18.2 Å². The van der Waals surface area contributed by atoms with Crippen LogP contribution in [0, 0.1) is 6.92 Å². The van der Waals surface area contributed by atoms with Crippen molar-refractivity contribution in [1.82, 2.24) is 9.97 Å². The number of benzene rings is 2. The fraction of sp³-hybridized carbons (Fsp3) is 0.188. The first kappa shape index (κ1) is 12.5. The molecule has 0 aliphatic heterocycles. The Labute approximate surface area is 118 Å². The number of anilines is 2. The maximum Gasteiger partial charge on any atom is 0.0931 e. The van der Waals surface area contributed by atoms with E-state index in [1.165, 1.54) is 11.1 Å². The van der Waals surface area contributed by atoms with Crippen LogP contribution in [0.2, 0.25) is 0 Å². The number of nitrogens with zero attached hydrogens (tertiary/aromatic N) is 1. The summed E-state index contributed by atoms with van der Waals surface area (Å²) in [5, 5.41) is 3.42. The van der Waals surface area contributed by atoms with E-state index in [0.29, 0.717) is 0 Å². The Kier molecular flexibility index (Phi) is 3.29. The Morgan fingerprint density at radius 1 is 1.25 bits per heavy atom. The number of hydrogen-bond donors (Lipinski definition) is 3. The largest absolute Gasteiger partial charge is 0.397 e. The zero-order valence-electron chi connectivity index (χ0n) is 11.5. The summed E-state index contributed by atoms with van der Waals surface area (Å²) in [6.07, 6.45) is 2.67. The van der Waals surface area contributed by atoms with Gasteiger partial charge < -0.3 is 16.0 Å². The molecule has 102 valence electrons. The van der Waals surface area contributed by atoms with Gasteiger partial charge in [-0.15, -0.1) is 0 Å². The topological polar surface area (TPSA) is 66.7 Å². The van der Waals surface area contributed by atoms with Crippen molar-refractivity contribution in [3.05, 3.63) is 53.9 Å². The van der Waals surface area contributed by atoms with E-state index >= 15 is 0 Å². The molecule has 2 aromatic carbocycles. The molecule has 4 heteroatoms. The molecule has 3 rings (SSSR count). The highest BCUT2D eigenvalue weighted by molar-refractivity contribution is 5.75. The summed E-state index contributed by atoms with van der Waals surface area (Å²) < 4.78 is 0. The van der Waals surface area contributed by atoms with Crippen molar-refractivity contribution < 1.29 is 0 Å². The van der Waals surface area contributed by atoms with Crippen LogP contribution in [0.5, 0.6) is 0 Å². The number of aromatic amines is 1. The number of aryl methyl sites for hydroxylation is 1. The minimum Gasteiger partial charge on any atom is -0.397 e.